The summed E-state index contributed by atoms with van der Waals surface area (Å²) in [5.41, 5.74) is 10.3. The number of aromatic nitrogens is 2. The summed E-state index contributed by atoms with van der Waals surface area (Å²) in [6.07, 6.45) is 3.88. The van der Waals surface area contributed by atoms with Gasteiger partial charge in [-0.3, -0.25) is 14.7 Å². The molecule has 2 saturated heterocycles. The van der Waals surface area contributed by atoms with Crippen LogP contribution in [0.3, 0.4) is 0 Å². The molecule has 0 aliphatic carbocycles. The number of halogens is 1. The lowest BCUT2D eigenvalue weighted by atomic mass is 10.0. The Morgan fingerprint density at radius 1 is 0.825 bits per heavy atom. The molecule has 0 spiro atoms. The van der Waals surface area contributed by atoms with E-state index in [0.717, 1.165) is 95.1 Å². The fourth-order valence-corrected chi connectivity index (χ4v) is 6.06. The minimum atomic E-state index is -0.165. The van der Waals surface area contributed by atoms with Gasteiger partial charge in [0.2, 0.25) is 5.95 Å². The number of anilines is 1. The zero-order valence-corrected chi connectivity index (χ0v) is 24.1. The van der Waals surface area contributed by atoms with Gasteiger partial charge in [-0.05, 0) is 56.5 Å². The summed E-state index contributed by atoms with van der Waals surface area (Å²) >= 11 is 0. The number of hydrogen-bond donors (Lipinski definition) is 1. The van der Waals surface area contributed by atoms with Crippen LogP contribution in [0.1, 0.15) is 37.4 Å². The highest BCUT2D eigenvalue weighted by Crippen LogP contribution is 2.26. The maximum Gasteiger partial charge on any atom is 0.220 e. The summed E-state index contributed by atoms with van der Waals surface area (Å²) < 4.78 is 13.7. The molecule has 2 aromatic carbocycles. The van der Waals surface area contributed by atoms with Crippen LogP contribution < -0.4 is 5.73 Å². The zero-order valence-electron chi connectivity index (χ0n) is 24.1. The highest BCUT2D eigenvalue weighted by Gasteiger charge is 2.29. The van der Waals surface area contributed by atoms with Crippen LogP contribution in [0.15, 0.2) is 60.8 Å². The van der Waals surface area contributed by atoms with Gasteiger partial charge in [0, 0.05) is 82.7 Å². The number of benzene rings is 2. The van der Waals surface area contributed by atoms with E-state index in [1.54, 1.807) is 12.1 Å². The van der Waals surface area contributed by atoms with E-state index in [-0.39, 0.29) is 5.82 Å². The topological polar surface area (TPSA) is 64.8 Å². The van der Waals surface area contributed by atoms with Crippen molar-refractivity contribution in [1.29, 1.82) is 0 Å². The Hall–Kier alpha value is -2.91. The van der Waals surface area contributed by atoms with Gasteiger partial charge in [0.25, 0.3) is 0 Å². The molecule has 2 N–H and O–H groups in total. The molecule has 0 saturated carbocycles. The first-order valence-electron chi connectivity index (χ1n) is 14.8. The number of nitrogen functional groups attached to an aromatic ring is 1. The standard InChI is InChI=1S/C32H44FN7/c1-25(2)39-19-21-40(22-20-39)30(26-10-12-29(33)13-11-26)24-38-17-15-37(16-18-38)14-6-9-28-23-35-32(34)36-31(28)27-7-4-3-5-8-27/h3-5,7-8,10-13,23,25,30H,6,9,14-22,24H2,1-2H3,(H2,34,35,36). The van der Waals surface area contributed by atoms with Crippen LogP contribution in [0.2, 0.25) is 0 Å². The molecule has 2 aliphatic rings. The average Bonchev–Trinajstić information content (AvgIpc) is 2.98. The van der Waals surface area contributed by atoms with E-state index in [2.05, 4.69) is 55.5 Å². The second kappa shape index (κ2) is 13.6. The average molecular weight is 546 g/mol. The lowest BCUT2D eigenvalue weighted by Crippen LogP contribution is -2.53. The van der Waals surface area contributed by atoms with Crippen molar-refractivity contribution in [2.24, 2.45) is 0 Å². The highest BCUT2D eigenvalue weighted by molar-refractivity contribution is 5.63. The molecule has 8 heteroatoms. The molecule has 0 radical (unpaired) electrons. The van der Waals surface area contributed by atoms with Crippen LogP contribution in [0.4, 0.5) is 10.3 Å². The molecule has 2 aliphatic heterocycles. The van der Waals surface area contributed by atoms with E-state index < -0.39 is 0 Å². The summed E-state index contributed by atoms with van der Waals surface area (Å²) in [5.74, 6) is 0.154. The van der Waals surface area contributed by atoms with Crippen molar-refractivity contribution in [1.82, 2.24) is 29.6 Å². The quantitative estimate of drug-likeness (QED) is 0.410. The molecule has 1 aromatic heterocycles. The largest absolute Gasteiger partial charge is 0.368 e. The second-order valence-corrected chi connectivity index (χ2v) is 11.4. The van der Waals surface area contributed by atoms with Gasteiger partial charge in [-0.2, -0.15) is 0 Å². The smallest absolute Gasteiger partial charge is 0.220 e. The third kappa shape index (κ3) is 7.43. The van der Waals surface area contributed by atoms with Crippen LogP contribution in [0.5, 0.6) is 0 Å². The summed E-state index contributed by atoms with van der Waals surface area (Å²) in [7, 11) is 0. The summed E-state index contributed by atoms with van der Waals surface area (Å²) in [4.78, 5) is 19.1. The van der Waals surface area contributed by atoms with E-state index in [0.29, 0.717) is 18.0 Å². The normalized spacial score (nSPS) is 18.8. The van der Waals surface area contributed by atoms with Gasteiger partial charge < -0.3 is 10.6 Å². The predicted molar refractivity (Wildman–Crippen MR) is 161 cm³/mol. The van der Waals surface area contributed by atoms with Crippen LogP contribution in [-0.4, -0.2) is 101 Å². The number of hydrogen-bond acceptors (Lipinski definition) is 7. The van der Waals surface area contributed by atoms with Crippen molar-refractivity contribution in [3.05, 3.63) is 77.7 Å². The van der Waals surface area contributed by atoms with Crippen LogP contribution in [0, 0.1) is 5.82 Å². The van der Waals surface area contributed by atoms with Gasteiger partial charge in [0.15, 0.2) is 0 Å². The number of nitrogens with zero attached hydrogens (tertiary/aromatic N) is 6. The lowest BCUT2D eigenvalue weighted by molar-refractivity contribution is 0.0481. The number of nitrogens with two attached hydrogens (primary N) is 1. The third-order valence-corrected chi connectivity index (χ3v) is 8.52. The van der Waals surface area contributed by atoms with Crippen molar-refractivity contribution in [3.8, 4) is 11.3 Å². The van der Waals surface area contributed by atoms with E-state index in [9.17, 15) is 4.39 Å². The molecule has 3 heterocycles. The van der Waals surface area contributed by atoms with Crippen LogP contribution >= 0.6 is 0 Å². The molecule has 2 fully saturated rings. The van der Waals surface area contributed by atoms with E-state index >= 15 is 0 Å². The molecule has 1 atom stereocenters. The maximum absolute atomic E-state index is 13.7. The molecule has 0 amide bonds. The van der Waals surface area contributed by atoms with E-state index in [1.165, 1.54) is 5.56 Å². The lowest BCUT2D eigenvalue weighted by Gasteiger charge is -2.43. The van der Waals surface area contributed by atoms with Gasteiger partial charge in [-0.25, -0.2) is 14.4 Å². The maximum atomic E-state index is 13.7. The fourth-order valence-electron chi connectivity index (χ4n) is 6.06. The monoisotopic (exact) mass is 545 g/mol. The molecule has 0 bridgehead atoms. The zero-order chi connectivity index (χ0) is 27.9. The van der Waals surface area contributed by atoms with Crippen molar-refractivity contribution < 1.29 is 4.39 Å². The first-order chi connectivity index (χ1) is 19.5. The van der Waals surface area contributed by atoms with Gasteiger partial charge in [0.05, 0.1) is 5.69 Å². The van der Waals surface area contributed by atoms with Crippen molar-refractivity contribution in [2.45, 2.75) is 38.8 Å². The Bertz CT molecular complexity index is 1190. The second-order valence-electron chi connectivity index (χ2n) is 11.4. The molecule has 5 rings (SSSR count). The fraction of sp³-hybridized carbons (Fsp3) is 0.500. The highest BCUT2D eigenvalue weighted by atomic mass is 19.1. The van der Waals surface area contributed by atoms with Crippen LogP contribution in [0.25, 0.3) is 11.3 Å². The Morgan fingerprint density at radius 3 is 2.15 bits per heavy atom. The van der Waals surface area contributed by atoms with Gasteiger partial charge >= 0.3 is 0 Å². The molecule has 1 unspecified atom stereocenters. The summed E-state index contributed by atoms with van der Waals surface area (Å²) in [6, 6.07) is 18.3. The van der Waals surface area contributed by atoms with Crippen LogP contribution in [-0.2, 0) is 6.42 Å². The molecule has 3 aromatic rings. The van der Waals surface area contributed by atoms with Gasteiger partial charge in [-0.15, -0.1) is 0 Å². The Kier molecular flexibility index (Phi) is 9.75. The van der Waals surface area contributed by atoms with Crippen molar-refractivity contribution in [3.63, 3.8) is 0 Å². The van der Waals surface area contributed by atoms with E-state index in [1.807, 2.05) is 36.5 Å². The first-order valence-corrected chi connectivity index (χ1v) is 14.8. The molecule has 40 heavy (non-hydrogen) atoms. The molecular weight excluding hydrogens is 501 g/mol. The summed E-state index contributed by atoms with van der Waals surface area (Å²) in [5, 5.41) is 0. The molecular formula is C32H44FN7. The third-order valence-electron chi connectivity index (χ3n) is 8.52. The SMILES string of the molecule is CC(C)N1CCN(C(CN2CCN(CCCc3cnc(N)nc3-c3ccccc3)CC2)c2ccc(F)cc2)CC1. The Balaban J connectivity index is 1.14. The van der Waals surface area contributed by atoms with Gasteiger partial charge in [0.1, 0.15) is 5.82 Å². The molecule has 214 valence electrons. The predicted octanol–water partition coefficient (Wildman–Crippen LogP) is 4.18. The number of aryl methyl sites for hydroxylation is 1. The first kappa shape index (κ1) is 28.6. The summed E-state index contributed by atoms with van der Waals surface area (Å²) in [6.45, 7) is 15.2. The van der Waals surface area contributed by atoms with Crippen molar-refractivity contribution in [2.75, 3.05) is 71.2 Å². The Morgan fingerprint density at radius 2 is 1.48 bits per heavy atom. The van der Waals surface area contributed by atoms with E-state index in [4.69, 9.17) is 5.73 Å². The van der Waals surface area contributed by atoms with Gasteiger partial charge in [-0.1, -0.05) is 42.5 Å². The number of rotatable bonds is 10. The molecule has 7 nitrogen and oxygen atoms in total. The van der Waals surface area contributed by atoms with Crippen molar-refractivity contribution >= 4 is 5.95 Å². The minimum absolute atomic E-state index is 0.165. The number of piperazine rings is 2. The Labute approximate surface area is 238 Å². The minimum Gasteiger partial charge on any atom is -0.368 e.